The van der Waals surface area contributed by atoms with E-state index in [2.05, 4.69) is 28.8 Å². The van der Waals surface area contributed by atoms with E-state index >= 15 is 0 Å². The van der Waals surface area contributed by atoms with Crippen molar-refractivity contribution in [2.24, 2.45) is 5.11 Å². The van der Waals surface area contributed by atoms with Gasteiger partial charge in [-0.2, -0.15) is 0 Å². The number of nitrogens with zero attached hydrogens (tertiary/aromatic N) is 4. The summed E-state index contributed by atoms with van der Waals surface area (Å²) in [5.74, 6) is 0. The van der Waals surface area contributed by atoms with Gasteiger partial charge in [-0.05, 0) is 26.4 Å². The topological polar surface area (TPSA) is 52.0 Å². The minimum Gasteiger partial charge on any atom is -0.304 e. The van der Waals surface area contributed by atoms with E-state index in [9.17, 15) is 0 Å². The Morgan fingerprint density at radius 3 is 2.60 bits per heavy atom. The second-order valence-electron chi connectivity index (χ2n) is 2.53. The first-order chi connectivity index (χ1) is 4.68. The van der Waals surface area contributed by atoms with E-state index in [0.29, 0.717) is 12.6 Å². The van der Waals surface area contributed by atoms with Gasteiger partial charge in [-0.15, -0.1) is 0 Å². The first kappa shape index (κ1) is 9.27. The molecule has 0 aromatic carbocycles. The third-order valence-electron chi connectivity index (χ3n) is 1.50. The molecule has 10 heavy (non-hydrogen) atoms. The van der Waals surface area contributed by atoms with E-state index in [4.69, 9.17) is 5.53 Å². The molecule has 0 aliphatic heterocycles. The molecule has 0 aromatic rings. The smallest absolute Gasteiger partial charge is 0.0385 e. The summed E-state index contributed by atoms with van der Waals surface area (Å²) < 4.78 is 0. The van der Waals surface area contributed by atoms with Crippen LogP contribution in [0.1, 0.15) is 13.8 Å². The van der Waals surface area contributed by atoms with Crippen LogP contribution in [0.5, 0.6) is 0 Å². The van der Waals surface area contributed by atoms with Gasteiger partial charge in [0.15, 0.2) is 0 Å². The Balaban J connectivity index is 3.39. The van der Waals surface area contributed by atoms with Gasteiger partial charge in [0.25, 0.3) is 0 Å². The average molecular weight is 142 g/mol. The molecule has 0 spiro atoms. The fraction of sp³-hybridized carbons (Fsp3) is 1.00. The molecule has 0 heterocycles. The van der Waals surface area contributed by atoms with E-state index < -0.39 is 0 Å². The minimum absolute atomic E-state index is 0.522. The van der Waals surface area contributed by atoms with E-state index in [1.54, 1.807) is 0 Å². The predicted molar refractivity (Wildman–Crippen MR) is 41.8 cm³/mol. The lowest BCUT2D eigenvalue weighted by molar-refractivity contribution is 0.282. The molecule has 0 aromatic heterocycles. The fourth-order valence-corrected chi connectivity index (χ4v) is 0.505. The van der Waals surface area contributed by atoms with Crippen LogP contribution in [0.15, 0.2) is 5.11 Å². The van der Waals surface area contributed by atoms with Crippen molar-refractivity contribution in [2.45, 2.75) is 19.9 Å². The average Bonchev–Trinajstić information content (AvgIpc) is 1.88. The van der Waals surface area contributed by atoms with Crippen molar-refractivity contribution in [3.63, 3.8) is 0 Å². The van der Waals surface area contributed by atoms with Crippen molar-refractivity contribution in [1.82, 2.24) is 4.90 Å². The number of azide groups is 1. The normalized spacial score (nSPS) is 10.1. The van der Waals surface area contributed by atoms with Gasteiger partial charge in [-0.25, -0.2) is 0 Å². The van der Waals surface area contributed by atoms with Crippen LogP contribution in [0.3, 0.4) is 0 Å². The zero-order valence-corrected chi connectivity index (χ0v) is 6.78. The van der Waals surface area contributed by atoms with E-state index in [-0.39, 0.29) is 0 Å². The number of rotatable bonds is 4. The van der Waals surface area contributed by atoms with Crippen molar-refractivity contribution in [3.8, 4) is 0 Å². The van der Waals surface area contributed by atoms with Gasteiger partial charge in [0.1, 0.15) is 0 Å². The molecule has 4 nitrogen and oxygen atoms in total. The quantitative estimate of drug-likeness (QED) is 0.334. The van der Waals surface area contributed by atoms with Gasteiger partial charge in [0.05, 0.1) is 0 Å². The highest BCUT2D eigenvalue weighted by molar-refractivity contribution is 4.58. The van der Waals surface area contributed by atoms with Gasteiger partial charge in [-0.1, -0.05) is 5.11 Å². The molecule has 0 atom stereocenters. The van der Waals surface area contributed by atoms with Crippen molar-refractivity contribution in [3.05, 3.63) is 10.4 Å². The Morgan fingerprint density at radius 2 is 2.20 bits per heavy atom. The lowest BCUT2D eigenvalue weighted by Gasteiger charge is -2.19. The van der Waals surface area contributed by atoms with Crippen LogP contribution in [0.2, 0.25) is 0 Å². The summed E-state index contributed by atoms with van der Waals surface area (Å²) in [6.45, 7) is 5.61. The first-order valence-corrected chi connectivity index (χ1v) is 3.39. The standard InChI is InChI=1S/C6H14N4/c1-6(2)10(3)5-4-8-9-7/h6H,4-5H2,1-3H3. The molecule has 58 valence electrons. The Bertz CT molecular complexity index is 126. The second kappa shape index (κ2) is 5.09. The summed E-state index contributed by atoms with van der Waals surface area (Å²) >= 11 is 0. The summed E-state index contributed by atoms with van der Waals surface area (Å²) in [5.41, 5.74) is 7.96. The lowest BCUT2D eigenvalue weighted by atomic mass is 10.3. The van der Waals surface area contributed by atoms with Crippen LogP contribution in [-0.2, 0) is 0 Å². The van der Waals surface area contributed by atoms with Crippen LogP contribution >= 0.6 is 0 Å². The van der Waals surface area contributed by atoms with Gasteiger partial charge in [-0.3, -0.25) is 0 Å². The van der Waals surface area contributed by atoms with Crippen molar-refractivity contribution in [2.75, 3.05) is 20.1 Å². The molecule has 0 rings (SSSR count). The lowest BCUT2D eigenvalue weighted by Crippen LogP contribution is -2.28. The van der Waals surface area contributed by atoms with E-state index in [0.717, 1.165) is 6.54 Å². The molecule has 0 aliphatic carbocycles. The Morgan fingerprint density at radius 1 is 1.60 bits per heavy atom. The molecule has 0 radical (unpaired) electrons. The van der Waals surface area contributed by atoms with Crippen LogP contribution in [0, 0.1) is 0 Å². The summed E-state index contributed by atoms with van der Waals surface area (Å²) in [6.07, 6.45) is 0. The first-order valence-electron chi connectivity index (χ1n) is 3.39. The Hall–Kier alpha value is -0.730. The molecular weight excluding hydrogens is 128 g/mol. The maximum absolute atomic E-state index is 7.96. The summed E-state index contributed by atoms with van der Waals surface area (Å²) in [4.78, 5) is 4.80. The maximum atomic E-state index is 7.96. The van der Waals surface area contributed by atoms with Gasteiger partial charge >= 0.3 is 0 Å². The third-order valence-corrected chi connectivity index (χ3v) is 1.50. The zero-order chi connectivity index (χ0) is 7.98. The van der Waals surface area contributed by atoms with Crippen LogP contribution in [0.4, 0.5) is 0 Å². The summed E-state index contributed by atoms with van der Waals surface area (Å²) in [6, 6.07) is 0.522. The predicted octanol–water partition coefficient (Wildman–Crippen LogP) is 1.64. The highest BCUT2D eigenvalue weighted by atomic mass is 15.2. The number of likely N-dealkylation sites (N-methyl/N-ethyl adjacent to an activating group) is 1. The molecule has 0 bridgehead atoms. The summed E-state index contributed by atoms with van der Waals surface area (Å²) in [7, 11) is 2.01. The highest BCUT2D eigenvalue weighted by Crippen LogP contribution is 1.91. The highest BCUT2D eigenvalue weighted by Gasteiger charge is 1.99. The molecule has 0 fully saturated rings. The Labute approximate surface area is 61.5 Å². The van der Waals surface area contributed by atoms with E-state index in [1.165, 1.54) is 0 Å². The molecule has 0 aliphatic rings. The van der Waals surface area contributed by atoms with Gasteiger partial charge in [0.2, 0.25) is 0 Å². The second-order valence-corrected chi connectivity index (χ2v) is 2.53. The SMILES string of the molecule is CC(C)N(C)CCN=[N+]=[N-]. The third kappa shape index (κ3) is 4.18. The maximum Gasteiger partial charge on any atom is 0.0385 e. The number of hydrogen-bond acceptors (Lipinski definition) is 2. The molecule has 0 amide bonds. The van der Waals surface area contributed by atoms with Crippen molar-refractivity contribution in [1.29, 1.82) is 0 Å². The van der Waals surface area contributed by atoms with Gasteiger partial charge < -0.3 is 4.90 Å². The zero-order valence-electron chi connectivity index (χ0n) is 6.78. The largest absolute Gasteiger partial charge is 0.304 e. The Kier molecular flexibility index (Phi) is 4.72. The van der Waals surface area contributed by atoms with Crippen LogP contribution < -0.4 is 0 Å². The van der Waals surface area contributed by atoms with Gasteiger partial charge in [0, 0.05) is 24.0 Å². The molecule has 0 N–H and O–H groups in total. The molecular formula is C6H14N4. The molecule has 4 heteroatoms. The minimum atomic E-state index is 0.522. The number of hydrogen-bond donors (Lipinski definition) is 0. The van der Waals surface area contributed by atoms with Crippen LogP contribution in [0.25, 0.3) is 10.4 Å². The molecule has 0 saturated heterocycles. The van der Waals surface area contributed by atoms with Crippen molar-refractivity contribution >= 4 is 0 Å². The fourth-order valence-electron chi connectivity index (χ4n) is 0.505. The van der Waals surface area contributed by atoms with Crippen molar-refractivity contribution < 1.29 is 0 Å². The molecule has 0 saturated carbocycles. The summed E-state index contributed by atoms with van der Waals surface area (Å²) in [5, 5.41) is 3.43. The van der Waals surface area contributed by atoms with E-state index in [1.807, 2.05) is 7.05 Å². The molecule has 0 unspecified atom stereocenters. The monoisotopic (exact) mass is 142 g/mol. The van der Waals surface area contributed by atoms with Crippen LogP contribution in [-0.4, -0.2) is 31.1 Å².